The number of piperidine rings is 1. The predicted molar refractivity (Wildman–Crippen MR) is 127 cm³/mol. The number of hydrogen-bond donors (Lipinski definition) is 1. The van der Waals surface area contributed by atoms with Crippen molar-refractivity contribution in [3.05, 3.63) is 65.4 Å². The Balaban J connectivity index is 1.65. The Morgan fingerprint density at radius 3 is 2.47 bits per heavy atom. The molecule has 3 heterocycles. The highest BCUT2D eigenvalue weighted by atomic mass is 16.5. The molecule has 0 radical (unpaired) electrons. The van der Waals surface area contributed by atoms with Crippen LogP contribution in [0.2, 0.25) is 0 Å². The Kier molecular flexibility index (Phi) is 2.65. The Bertz CT molecular complexity index is 1900. The number of aromatic nitrogens is 2. The molecule has 0 saturated carbocycles. The molecule has 0 spiro atoms. The normalized spacial score (nSPS) is 28.6. The van der Waals surface area contributed by atoms with Crippen LogP contribution in [0.15, 0.2) is 48.4 Å². The minimum Gasteiger partial charge on any atom is -0.497 e. The number of carbonyl (C=O) groups is 3. The Labute approximate surface area is 217 Å². The number of anilines is 2. The molecule has 5 rings (SSSR count). The van der Waals surface area contributed by atoms with E-state index in [4.69, 9.17) is 31.0 Å². The molecule has 2 aliphatic heterocycles. The zero-order chi connectivity index (χ0) is 37.0. The standard InChI is InChI=1S/C25H25N5O4/c1-34-19-11-9-18(10-12-19)30-23-20(22(27-30)24(26)32)13-15-29(25(23)33)17-7-5-16(6-8-17)28-14-3-2-4-21(28)31/h5-12H,2-4,13-15H2,1H3,(H2,26,32)/i1D3,2D2,3D2,4D2,5D,6D,7D,8D,14D2. The second-order valence-electron chi connectivity index (χ2n) is 7.08. The number of hydrogen-bond acceptors (Lipinski definition) is 5. The molecule has 2 N–H and O–H groups in total. The summed E-state index contributed by atoms with van der Waals surface area (Å²) in [5, 5.41) is 4.15. The van der Waals surface area contributed by atoms with Gasteiger partial charge in [-0.15, -0.1) is 0 Å². The Hall–Kier alpha value is -4.14. The predicted octanol–water partition coefficient (Wildman–Crippen LogP) is 2.70. The fourth-order valence-electron chi connectivity index (χ4n) is 3.59. The van der Waals surface area contributed by atoms with Gasteiger partial charge in [-0.3, -0.25) is 14.4 Å². The molecule has 0 bridgehead atoms. The van der Waals surface area contributed by atoms with Crippen molar-refractivity contribution >= 4 is 29.1 Å². The molecule has 1 aromatic heterocycles. The van der Waals surface area contributed by atoms with Crippen LogP contribution in [0.5, 0.6) is 5.75 Å². The monoisotopic (exact) mass is 474 g/mol. The molecule has 9 nitrogen and oxygen atoms in total. The molecule has 0 atom stereocenters. The maximum absolute atomic E-state index is 14.1. The summed E-state index contributed by atoms with van der Waals surface area (Å²) in [5.41, 5.74) is 3.27. The highest BCUT2D eigenvalue weighted by molar-refractivity contribution is 6.09. The van der Waals surface area contributed by atoms with Gasteiger partial charge in [0, 0.05) is 47.3 Å². The number of carbonyl (C=O) groups excluding carboxylic acids is 3. The number of ether oxygens (including phenoxy) is 1. The van der Waals surface area contributed by atoms with Crippen LogP contribution in [-0.4, -0.2) is 47.6 Å². The van der Waals surface area contributed by atoms with Crippen molar-refractivity contribution in [3.8, 4) is 11.4 Å². The average Bonchev–Trinajstić information content (AvgIpc) is 3.38. The van der Waals surface area contributed by atoms with E-state index in [9.17, 15) is 14.4 Å². The van der Waals surface area contributed by atoms with E-state index in [-0.39, 0.29) is 46.3 Å². The zero-order valence-corrected chi connectivity index (χ0v) is 17.2. The number of amides is 3. The molecule has 1 fully saturated rings. The summed E-state index contributed by atoms with van der Waals surface area (Å²) in [4.78, 5) is 40.2. The maximum atomic E-state index is 14.1. The number of primary amides is 1. The Morgan fingerprint density at radius 1 is 1.09 bits per heavy atom. The average molecular weight is 475 g/mol. The Morgan fingerprint density at radius 2 is 1.79 bits per heavy atom. The summed E-state index contributed by atoms with van der Waals surface area (Å²) in [6, 6.07) is 0.773. The van der Waals surface area contributed by atoms with Gasteiger partial charge in [-0.2, -0.15) is 5.10 Å². The SMILES string of the molecule is [2H]c1c([2H])c(N2C(=O)C([2H])([2H])C([2H])([2H])C([2H])([2H])C2([2H])[2H])c([2H])c([2H])c1N1CCc2c(C(N)=O)nn(-c3ccc(OC([2H])([2H])[2H])cc3)c2C1=O. The first-order valence-corrected chi connectivity index (χ1v) is 9.79. The van der Waals surface area contributed by atoms with Crippen LogP contribution >= 0.6 is 0 Å². The lowest BCUT2D eigenvalue weighted by molar-refractivity contribution is -0.119. The van der Waals surface area contributed by atoms with Gasteiger partial charge in [-0.05, 0) is 67.6 Å². The summed E-state index contributed by atoms with van der Waals surface area (Å²) in [7, 11) is -2.76. The molecule has 3 aromatic rings. The van der Waals surface area contributed by atoms with Crippen LogP contribution in [0.25, 0.3) is 5.69 Å². The van der Waals surface area contributed by atoms with Crippen LogP contribution in [0.3, 0.4) is 0 Å². The van der Waals surface area contributed by atoms with Gasteiger partial charge in [0.15, 0.2) is 5.69 Å². The van der Waals surface area contributed by atoms with Gasteiger partial charge >= 0.3 is 0 Å². The van der Waals surface area contributed by atoms with Crippen molar-refractivity contribution in [3.63, 3.8) is 0 Å². The third-order valence-electron chi connectivity index (χ3n) is 5.14. The second-order valence-corrected chi connectivity index (χ2v) is 7.08. The van der Waals surface area contributed by atoms with Crippen molar-refractivity contribution in [2.24, 2.45) is 5.73 Å². The van der Waals surface area contributed by atoms with Gasteiger partial charge in [0.1, 0.15) is 11.4 Å². The van der Waals surface area contributed by atoms with Crippen molar-refractivity contribution in [2.75, 3.05) is 29.9 Å². The van der Waals surface area contributed by atoms with E-state index in [1.54, 1.807) is 0 Å². The third kappa shape index (κ3) is 3.68. The molecule has 3 amide bonds. The van der Waals surface area contributed by atoms with Gasteiger partial charge in [0.05, 0.1) is 22.3 Å². The first kappa shape index (κ1) is 10.4. The smallest absolute Gasteiger partial charge is 0.277 e. The molecular weight excluding hydrogens is 434 g/mol. The van der Waals surface area contributed by atoms with Crippen molar-refractivity contribution in [1.82, 2.24) is 9.78 Å². The number of nitrogens with zero attached hydrogens (tertiary/aromatic N) is 4. The lowest BCUT2D eigenvalue weighted by atomic mass is 10.0. The fraction of sp³-hybridized carbons (Fsp3) is 0.280. The van der Waals surface area contributed by atoms with Crippen molar-refractivity contribution in [1.29, 1.82) is 0 Å². The largest absolute Gasteiger partial charge is 0.497 e. The summed E-state index contributed by atoms with van der Waals surface area (Å²) in [6.07, 6.45) is -11.4. The molecule has 9 heteroatoms. The third-order valence-corrected chi connectivity index (χ3v) is 5.14. The molecule has 0 aliphatic carbocycles. The van der Waals surface area contributed by atoms with Crippen LogP contribution in [0.1, 0.15) is 66.2 Å². The number of methoxy groups -OCH3 is 1. The van der Waals surface area contributed by atoms with Gasteiger partial charge in [0.25, 0.3) is 11.8 Å². The van der Waals surface area contributed by atoms with Crippen LogP contribution < -0.4 is 20.3 Å². The van der Waals surface area contributed by atoms with E-state index >= 15 is 0 Å². The number of benzene rings is 2. The quantitative estimate of drug-likeness (QED) is 0.611. The molecular formula is C25H25N5O4. The summed E-state index contributed by atoms with van der Waals surface area (Å²) < 4.78 is 127. The summed E-state index contributed by atoms with van der Waals surface area (Å²) in [5.74, 6) is -4.06. The molecule has 0 unspecified atom stereocenters. The molecule has 174 valence electrons. The molecule has 34 heavy (non-hydrogen) atoms. The van der Waals surface area contributed by atoms with Gasteiger partial charge < -0.3 is 20.3 Å². The van der Waals surface area contributed by atoms with E-state index in [1.165, 1.54) is 24.3 Å². The number of fused-ring (bicyclic) bond motifs is 1. The summed E-state index contributed by atoms with van der Waals surface area (Å²) >= 11 is 0. The van der Waals surface area contributed by atoms with E-state index in [1.807, 2.05) is 0 Å². The van der Waals surface area contributed by atoms with E-state index in [0.717, 1.165) is 9.58 Å². The molecule has 2 aromatic carbocycles. The first-order chi connectivity index (χ1) is 22.3. The minimum atomic E-state index is -3.77. The highest BCUT2D eigenvalue weighted by Gasteiger charge is 2.34. The lowest BCUT2D eigenvalue weighted by Gasteiger charge is -2.29. The lowest BCUT2D eigenvalue weighted by Crippen LogP contribution is -2.39. The molecule has 1 saturated heterocycles. The van der Waals surface area contributed by atoms with Crippen LogP contribution in [0.4, 0.5) is 11.4 Å². The minimum absolute atomic E-state index is 0.0644. The van der Waals surface area contributed by atoms with E-state index in [0.29, 0.717) is 0 Å². The zero-order valence-electron chi connectivity index (χ0n) is 32.2. The number of nitrogens with two attached hydrogens (primary N) is 1. The van der Waals surface area contributed by atoms with Crippen molar-refractivity contribution in [2.45, 2.75) is 25.5 Å². The first-order valence-electron chi connectivity index (χ1n) is 17.3. The van der Waals surface area contributed by atoms with Crippen molar-refractivity contribution < 1.29 is 39.7 Å². The van der Waals surface area contributed by atoms with E-state index in [2.05, 4.69) is 5.10 Å². The van der Waals surface area contributed by atoms with E-state index < -0.39 is 85.9 Å². The highest BCUT2D eigenvalue weighted by Crippen LogP contribution is 2.31. The maximum Gasteiger partial charge on any atom is 0.277 e. The fourth-order valence-corrected chi connectivity index (χ4v) is 3.59. The van der Waals surface area contributed by atoms with Gasteiger partial charge in [0.2, 0.25) is 5.91 Å². The van der Waals surface area contributed by atoms with Gasteiger partial charge in [-0.25, -0.2) is 4.68 Å². The second kappa shape index (κ2) is 8.66. The topological polar surface area (TPSA) is 111 Å². The van der Waals surface area contributed by atoms with Crippen LogP contribution in [0, 0.1) is 0 Å². The molecule has 2 aliphatic rings. The number of rotatable bonds is 5. The van der Waals surface area contributed by atoms with Crippen LogP contribution in [-0.2, 0) is 11.2 Å². The van der Waals surface area contributed by atoms with Gasteiger partial charge in [-0.1, -0.05) is 0 Å². The summed E-state index contributed by atoms with van der Waals surface area (Å²) in [6.45, 7) is -4.09.